The van der Waals surface area contributed by atoms with Crippen LogP contribution in [0, 0.1) is 24.7 Å². The van der Waals surface area contributed by atoms with Crippen molar-refractivity contribution in [3.05, 3.63) is 34.9 Å². The Balaban J connectivity index is 2.13. The lowest BCUT2D eigenvalue weighted by atomic mass is 10.0. The van der Waals surface area contributed by atoms with Crippen LogP contribution in [0.1, 0.15) is 40.7 Å². The van der Waals surface area contributed by atoms with Gasteiger partial charge in [0.25, 0.3) is 5.91 Å². The summed E-state index contributed by atoms with van der Waals surface area (Å²) in [5.74, 6) is 6.45. The Kier molecular flexibility index (Phi) is 4.59. The van der Waals surface area contributed by atoms with Crippen LogP contribution in [0.3, 0.4) is 0 Å². The van der Waals surface area contributed by atoms with Crippen LogP contribution in [0.15, 0.2) is 18.2 Å². The zero-order valence-electron chi connectivity index (χ0n) is 11.2. The van der Waals surface area contributed by atoms with Crippen molar-refractivity contribution in [2.24, 2.45) is 5.92 Å². The van der Waals surface area contributed by atoms with E-state index in [9.17, 15) is 4.79 Å². The summed E-state index contributed by atoms with van der Waals surface area (Å²) in [6.45, 7) is 2.78. The molecule has 2 N–H and O–H groups in total. The predicted octanol–water partition coefficient (Wildman–Crippen LogP) is 1.87. The van der Waals surface area contributed by atoms with Crippen molar-refractivity contribution in [1.82, 2.24) is 5.32 Å². The van der Waals surface area contributed by atoms with Gasteiger partial charge in [0.05, 0.1) is 12.2 Å². The number of benzene rings is 1. The van der Waals surface area contributed by atoms with Crippen LogP contribution in [0.4, 0.5) is 0 Å². The van der Waals surface area contributed by atoms with Gasteiger partial charge in [0.15, 0.2) is 0 Å². The molecule has 1 aliphatic carbocycles. The van der Waals surface area contributed by atoms with E-state index >= 15 is 0 Å². The zero-order chi connectivity index (χ0) is 13.7. The predicted molar refractivity (Wildman–Crippen MR) is 74.8 cm³/mol. The molecule has 3 heteroatoms. The maximum absolute atomic E-state index is 12.1. The first kappa shape index (κ1) is 13.6. The Hall–Kier alpha value is -1.79. The molecule has 2 rings (SSSR count). The van der Waals surface area contributed by atoms with Gasteiger partial charge >= 0.3 is 0 Å². The molecule has 0 radical (unpaired) electrons. The normalized spacial score (nSPS) is 13.6. The highest BCUT2D eigenvalue weighted by Crippen LogP contribution is 2.27. The molecular formula is C16H19NO2. The Morgan fingerprint density at radius 2 is 2.26 bits per heavy atom. The number of rotatable bonds is 4. The molecule has 19 heavy (non-hydrogen) atoms. The molecule has 100 valence electrons. The van der Waals surface area contributed by atoms with Crippen molar-refractivity contribution >= 4 is 5.91 Å². The quantitative estimate of drug-likeness (QED) is 0.809. The minimum absolute atomic E-state index is 0.0437. The number of hydrogen-bond acceptors (Lipinski definition) is 2. The van der Waals surface area contributed by atoms with E-state index in [4.69, 9.17) is 5.11 Å². The van der Waals surface area contributed by atoms with E-state index < -0.39 is 0 Å². The first-order valence-corrected chi connectivity index (χ1v) is 6.69. The summed E-state index contributed by atoms with van der Waals surface area (Å²) < 4.78 is 0. The SMILES string of the molecule is Cc1ccc(C(=O)NCC2CC2)c(C#CCCO)c1. The molecule has 0 aliphatic heterocycles. The fraction of sp³-hybridized carbons (Fsp3) is 0.438. The van der Waals surface area contributed by atoms with Gasteiger partial charge in [-0.05, 0) is 43.4 Å². The Morgan fingerprint density at radius 1 is 1.47 bits per heavy atom. The van der Waals surface area contributed by atoms with Crippen molar-refractivity contribution in [3.63, 3.8) is 0 Å². The third kappa shape index (κ3) is 4.11. The molecule has 0 atom stereocenters. The Morgan fingerprint density at radius 3 is 2.95 bits per heavy atom. The van der Waals surface area contributed by atoms with Crippen LogP contribution in [0.2, 0.25) is 0 Å². The molecule has 1 saturated carbocycles. The van der Waals surface area contributed by atoms with Gasteiger partial charge in [-0.2, -0.15) is 0 Å². The van der Waals surface area contributed by atoms with Gasteiger partial charge in [-0.1, -0.05) is 17.9 Å². The number of aliphatic hydroxyl groups is 1. The third-order valence-electron chi connectivity index (χ3n) is 3.13. The average molecular weight is 257 g/mol. The van der Waals surface area contributed by atoms with E-state index in [0.717, 1.165) is 17.7 Å². The van der Waals surface area contributed by atoms with Gasteiger partial charge < -0.3 is 10.4 Å². The summed E-state index contributed by atoms with van der Waals surface area (Å²) in [5.41, 5.74) is 2.44. The smallest absolute Gasteiger partial charge is 0.252 e. The van der Waals surface area contributed by atoms with E-state index in [0.29, 0.717) is 17.9 Å². The number of carbonyl (C=O) groups excluding carboxylic acids is 1. The summed E-state index contributed by atoms with van der Waals surface area (Å²) >= 11 is 0. The van der Waals surface area contributed by atoms with Gasteiger partial charge in [0, 0.05) is 18.5 Å². The van der Waals surface area contributed by atoms with Crippen LogP contribution in [0.25, 0.3) is 0 Å². The maximum Gasteiger partial charge on any atom is 0.252 e. The summed E-state index contributed by atoms with van der Waals surface area (Å²) in [7, 11) is 0. The molecule has 0 spiro atoms. The standard InChI is InChI=1S/C16H19NO2/c1-12-5-8-15(14(10-12)4-2-3-9-18)16(19)17-11-13-6-7-13/h5,8,10,13,18H,3,6-7,9,11H2,1H3,(H,17,19). The van der Waals surface area contributed by atoms with E-state index in [-0.39, 0.29) is 12.5 Å². The van der Waals surface area contributed by atoms with Gasteiger partial charge in [-0.3, -0.25) is 4.79 Å². The summed E-state index contributed by atoms with van der Waals surface area (Å²) in [6.07, 6.45) is 2.87. The number of aliphatic hydroxyl groups excluding tert-OH is 1. The fourth-order valence-corrected chi connectivity index (χ4v) is 1.83. The highest BCUT2D eigenvalue weighted by atomic mass is 16.2. The minimum atomic E-state index is -0.0554. The number of hydrogen-bond donors (Lipinski definition) is 2. The molecule has 1 fully saturated rings. The number of nitrogens with one attached hydrogen (secondary N) is 1. The van der Waals surface area contributed by atoms with Gasteiger partial charge in [-0.25, -0.2) is 0 Å². The molecule has 0 bridgehead atoms. The molecular weight excluding hydrogens is 238 g/mol. The van der Waals surface area contributed by atoms with Crippen LogP contribution in [-0.4, -0.2) is 24.2 Å². The largest absolute Gasteiger partial charge is 0.395 e. The molecule has 0 saturated heterocycles. The lowest BCUT2D eigenvalue weighted by Gasteiger charge is -2.07. The lowest BCUT2D eigenvalue weighted by molar-refractivity contribution is 0.0951. The molecule has 0 aromatic heterocycles. The third-order valence-corrected chi connectivity index (χ3v) is 3.13. The monoisotopic (exact) mass is 257 g/mol. The molecule has 3 nitrogen and oxygen atoms in total. The average Bonchev–Trinajstić information content (AvgIpc) is 3.20. The zero-order valence-corrected chi connectivity index (χ0v) is 11.2. The van der Waals surface area contributed by atoms with Crippen LogP contribution in [-0.2, 0) is 0 Å². The second-order valence-electron chi connectivity index (χ2n) is 4.98. The molecule has 1 aliphatic rings. The lowest BCUT2D eigenvalue weighted by Crippen LogP contribution is -2.26. The van der Waals surface area contributed by atoms with Crippen LogP contribution in [0.5, 0.6) is 0 Å². The first-order valence-electron chi connectivity index (χ1n) is 6.69. The van der Waals surface area contributed by atoms with E-state index in [1.54, 1.807) is 0 Å². The molecule has 1 amide bonds. The van der Waals surface area contributed by atoms with Crippen LogP contribution < -0.4 is 5.32 Å². The second kappa shape index (κ2) is 6.40. The number of amides is 1. The topological polar surface area (TPSA) is 49.3 Å². The minimum Gasteiger partial charge on any atom is -0.395 e. The summed E-state index contributed by atoms with van der Waals surface area (Å²) in [4.78, 5) is 12.1. The highest BCUT2D eigenvalue weighted by Gasteiger charge is 2.22. The molecule has 0 heterocycles. The molecule has 0 unspecified atom stereocenters. The second-order valence-corrected chi connectivity index (χ2v) is 4.98. The van der Waals surface area contributed by atoms with Crippen molar-refractivity contribution in [2.45, 2.75) is 26.2 Å². The van der Waals surface area contributed by atoms with E-state index in [1.807, 2.05) is 25.1 Å². The molecule has 1 aromatic carbocycles. The van der Waals surface area contributed by atoms with Crippen molar-refractivity contribution in [3.8, 4) is 11.8 Å². The van der Waals surface area contributed by atoms with Crippen molar-refractivity contribution in [2.75, 3.05) is 13.2 Å². The highest BCUT2D eigenvalue weighted by molar-refractivity contribution is 5.96. The van der Waals surface area contributed by atoms with Gasteiger partial charge in [-0.15, -0.1) is 0 Å². The molecule has 1 aromatic rings. The summed E-state index contributed by atoms with van der Waals surface area (Å²) in [5, 5.41) is 11.7. The summed E-state index contributed by atoms with van der Waals surface area (Å²) in [6, 6.07) is 5.65. The van der Waals surface area contributed by atoms with Gasteiger partial charge in [0.1, 0.15) is 0 Å². The number of aryl methyl sites for hydroxylation is 1. The first-order chi connectivity index (χ1) is 9.20. The Bertz CT molecular complexity index is 521. The van der Waals surface area contributed by atoms with Crippen LogP contribution >= 0.6 is 0 Å². The maximum atomic E-state index is 12.1. The van der Waals surface area contributed by atoms with Gasteiger partial charge in [0.2, 0.25) is 0 Å². The Labute approximate surface area is 114 Å². The van der Waals surface area contributed by atoms with Crippen molar-refractivity contribution < 1.29 is 9.90 Å². The number of carbonyl (C=O) groups is 1. The van der Waals surface area contributed by atoms with E-state index in [1.165, 1.54) is 12.8 Å². The van der Waals surface area contributed by atoms with E-state index in [2.05, 4.69) is 17.2 Å². The fourth-order valence-electron chi connectivity index (χ4n) is 1.83. The van der Waals surface area contributed by atoms with Crippen molar-refractivity contribution in [1.29, 1.82) is 0 Å².